The van der Waals surface area contributed by atoms with Crippen molar-refractivity contribution >= 4 is 40.3 Å². The minimum absolute atomic E-state index is 0.208. The topological polar surface area (TPSA) is 133 Å². The van der Waals surface area contributed by atoms with Crippen LogP contribution in [0.2, 0.25) is 0 Å². The van der Waals surface area contributed by atoms with Crippen molar-refractivity contribution in [2.75, 3.05) is 33.9 Å². The highest BCUT2D eigenvalue weighted by atomic mass is 16.3. The van der Waals surface area contributed by atoms with Gasteiger partial charge in [0.05, 0.1) is 22.9 Å². The Labute approximate surface area is 226 Å². The molecule has 0 spiro atoms. The van der Waals surface area contributed by atoms with Crippen LogP contribution >= 0.6 is 0 Å². The number of aromatic amines is 1. The maximum absolute atomic E-state index is 12.7. The number of aliphatic hydroxyl groups is 1. The molecule has 0 aliphatic carbocycles. The van der Waals surface area contributed by atoms with Gasteiger partial charge in [-0.05, 0) is 85.6 Å². The van der Waals surface area contributed by atoms with E-state index in [2.05, 4.69) is 31.9 Å². The van der Waals surface area contributed by atoms with E-state index in [1.54, 1.807) is 60.9 Å². The highest BCUT2D eigenvalue weighted by molar-refractivity contribution is 6.05. The van der Waals surface area contributed by atoms with E-state index in [-0.39, 0.29) is 17.9 Å². The third-order valence-corrected chi connectivity index (χ3v) is 6.64. The van der Waals surface area contributed by atoms with Gasteiger partial charge >= 0.3 is 0 Å². The SMILES string of the molecule is N#Cc1cc(NC(=O)c2cc[nH]c2)ccc1Nc1ccc(NC(=O)c2ccc(N3CCC(O)CC3)cc2)cc1. The van der Waals surface area contributed by atoms with Gasteiger partial charge in [-0.3, -0.25) is 9.59 Å². The number of hydrogen-bond acceptors (Lipinski definition) is 6. The Morgan fingerprint density at radius 1 is 0.846 bits per heavy atom. The molecular formula is C30H28N6O3. The number of nitrogens with one attached hydrogen (secondary N) is 4. The molecule has 5 rings (SSSR count). The van der Waals surface area contributed by atoms with Crippen LogP contribution in [0.3, 0.4) is 0 Å². The predicted molar refractivity (Wildman–Crippen MR) is 151 cm³/mol. The van der Waals surface area contributed by atoms with E-state index in [0.717, 1.165) is 37.3 Å². The molecule has 0 unspecified atom stereocenters. The van der Waals surface area contributed by atoms with Gasteiger partial charge in [-0.2, -0.15) is 5.26 Å². The lowest BCUT2D eigenvalue weighted by molar-refractivity contribution is 0.101. The van der Waals surface area contributed by atoms with Gasteiger partial charge < -0.3 is 30.9 Å². The Hall–Kier alpha value is -5.07. The molecular weight excluding hydrogens is 492 g/mol. The Balaban J connectivity index is 1.18. The number of nitriles is 1. The first-order chi connectivity index (χ1) is 19.0. The minimum atomic E-state index is -0.267. The molecule has 1 aliphatic heterocycles. The molecule has 1 saturated heterocycles. The Kier molecular flexibility index (Phi) is 7.57. The molecule has 39 heavy (non-hydrogen) atoms. The van der Waals surface area contributed by atoms with Crippen molar-refractivity contribution in [2.45, 2.75) is 18.9 Å². The summed E-state index contributed by atoms with van der Waals surface area (Å²) in [5, 5.41) is 28.2. The van der Waals surface area contributed by atoms with Crippen molar-refractivity contribution in [2.24, 2.45) is 0 Å². The molecule has 0 saturated carbocycles. The molecule has 9 nitrogen and oxygen atoms in total. The van der Waals surface area contributed by atoms with Gasteiger partial charge in [-0.25, -0.2) is 0 Å². The van der Waals surface area contributed by atoms with Crippen LogP contribution in [-0.4, -0.2) is 41.1 Å². The largest absolute Gasteiger partial charge is 0.393 e. The summed E-state index contributed by atoms with van der Waals surface area (Å²) in [6, 6.07) is 23.6. The van der Waals surface area contributed by atoms with E-state index in [1.165, 1.54) is 0 Å². The minimum Gasteiger partial charge on any atom is -0.393 e. The fraction of sp³-hybridized carbons (Fsp3) is 0.167. The van der Waals surface area contributed by atoms with Crippen LogP contribution in [-0.2, 0) is 0 Å². The van der Waals surface area contributed by atoms with E-state index >= 15 is 0 Å². The van der Waals surface area contributed by atoms with E-state index in [1.807, 2.05) is 24.3 Å². The first-order valence-corrected chi connectivity index (χ1v) is 12.7. The maximum atomic E-state index is 12.7. The number of anilines is 5. The summed E-state index contributed by atoms with van der Waals surface area (Å²) in [7, 11) is 0. The van der Waals surface area contributed by atoms with Gasteiger partial charge in [0.25, 0.3) is 11.8 Å². The zero-order valence-electron chi connectivity index (χ0n) is 21.1. The van der Waals surface area contributed by atoms with Crippen LogP contribution in [0.1, 0.15) is 39.1 Å². The van der Waals surface area contributed by atoms with Gasteiger partial charge in [0.2, 0.25) is 0 Å². The Bertz CT molecular complexity index is 1480. The number of H-pyrrole nitrogens is 1. The molecule has 2 heterocycles. The summed E-state index contributed by atoms with van der Waals surface area (Å²) >= 11 is 0. The molecule has 1 fully saturated rings. The lowest BCUT2D eigenvalue weighted by Crippen LogP contribution is -2.35. The molecule has 196 valence electrons. The second kappa shape index (κ2) is 11.5. The summed E-state index contributed by atoms with van der Waals surface area (Å²) in [4.78, 5) is 30.1. The predicted octanol–water partition coefficient (Wildman–Crippen LogP) is 5.10. The molecule has 0 bridgehead atoms. The summed E-state index contributed by atoms with van der Waals surface area (Å²) in [5.74, 6) is -0.475. The lowest BCUT2D eigenvalue weighted by Gasteiger charge is -2.31. The first kappa shape index (κ1) is 25.6. The number of nitrogens with zero attached hydrogens (tertiary/aromatic N) is 2. The standard InChI is InChI=1S/C30H28N6O3/c31-18-22-17-25(35-30(39)21-11-14-32-19-21)7-10-28(22)33-23-3-5-24(6-4-23)34-29(38)20-1-8-26(9-2-20)36-15-12-27(37)13-16-36/h1-11,14,17,19,27,32-33,37H,12-13,15-16H2,(H,34,38)(H,35,39). The van der Waals surface area contributed by atoms with Crippen LogP contribution in [0.5, 0.6) is 0 Å². The van der Waals surface area contributed by atoms with E-state index < -0.39 is 0 Å². The molecule has 2 amide bonds. The first-order valence-electron chi connectivity index (χ1n) is 12.7. The van der Waals surface area contributed by atoms with Crippen LogP contribution in [0.15, 0.2) is 85.2 Å². The fourth-order valence-corrected chi connectivity index (χ4v) is 4.44. The van der Waals surface area contributed by atoms with Gasteiger partial charge in [-0.1, -0.05) is 0 Å². The van der Waals surface area contributed by atoms with Gasteiger partial charge in [0, 0.05) is 53.8 Å². The summed E-state index contributed by atoms with van der Waals surface area (Å²) in [6.45, 7) is 1.61. The van der Waals surface area contributed by atoms with Gasteiger partial charge in [0.1, 0.15) is 6.07 Å². The van der Waals surface area contributed by atoms with Crippen molar-refractivity contribution in [1.82, 2.24) is 4.98 Å². The van der Waals surface area contributed by atoms with Crippen molar-refractivity contribution in [1.29, 1.82) is 5.26 Å². The number of rotatable bonds is 7. The fourth-order valence-electron chi connectivity index (χ4n) is 4.44. The average Bonchev–Trinajstić information content (AvgIpc) is 3.51. The normalized spacial score (nSPS) is 13.4. The number of aliphatic hydroxyl groups excluding tert-OH is 1. The Morgan fingerprint density at radius 3 is 2.15 bits per heavy atom. The second-order valence-corrected chi connectivity index (χ2v) is 9.35. The average molecular weight is 521 g/mol. The molecule has 5 N–H and O–H groups in total. The van der Waals surface area contributed by atoms with Crippen molar-refractivity contribution in [3.8, 4) is 6.07 Å². The number of amides is 2. The summed E-state index contributed by atoms with van der Waals surface area (Å²) in [6.07, 6.45) is 4.55. The van der Waals surface area contributed by atoms with Gasteiger partial charge in [0.15, 0.2) is 0 Å². The number of aromatic nitrogens is 1. The number of carbonyl (C=O) groups is 2. The van der Waals surface area contributed by atoms with Crippen LogP contribution in [0, 0.1) is 11.3 Å². The Morgan fingerprint density at radius 2 is 1.49 bits per heavy atom. The number of carbonyl (C=O) groups excluding carboxylic acids is 2. The van der Waals surface area contributed by atoms with Crippen molar-refractivity contribution < 1.29 is 14.7 Å². The molecule has 3 aromatic carbocycles. The summed E-state index contributed by atoms with van der Waals surface area (Å²) < 4.78 is 0. The molecule has 1 aromatic heterocycles. The zero-order valence-corrected chi connectivity index (χ0v) is 21.1. The third kappa shape index (κ3) is 6.26. The second-order valence-electron chi connectivity index (χ2n) is 9.35. The van der Waals surface area contributed by atoms with Crippen LogP contribution < -0.4 is 20.9 Å². The zero-order chi connectivity index (χ0) is 27.2. The molecule has 1 aliphatic rings. The van der Waals surface area contributed by atoms with E-state index in [9.17, 15) is 20.0 Å². The van der Waals surface area contributed by atoms with E-state index in [0.29, 0.717) is 33.8 Å². The van der Waals surface area contributed by atoms with E-state index in [4.69, 9.17) is 0 Å². The number of hydrogen-bond donors (Lipinski definition) is 5. The van der Waals surface area contributed by atoms with Crippen molar-refractivity contribution in [3.63, 3.8) is 0 Å². The highest BCUT2D eigenvalue weighted by Gasteiger charge is 2.17. The van der Waals surface area contributed by atoms with Gasteiger partial charge in [-0.15, -0.1) is 0 Å². The monoisotopic (exact) mass is 520 g/mol. The molecule has 4 aromatic rings. The van der Waals surface area contributed by atoms with Crippen molar-refractivity contribution in [3.05, 3.63) is 102 Å². The number of piperidine rings is 1. The molecule has 9 heteroatoms. The number of benzene rings is 3. The van der Waals surface area contributed by atoms with Crippen LogP contribution in [0.25, 0.3) is 0 Å². The quantitative estimate of drug-likeness (QED) is 0.230. The maximum Gasteiger partial charge on any atom is 0.257 e. The molecule has 0 radical (unpaired) electrons. The molecule has 0 atom stereocenters. The van der Waals surface area contributed by atoms with Crippen LogP contribution in [0.4, 0.5) is 28.4 Å². The highest BCUT2D eigenvalue weighted by Crippen LogP contribution is 2.26. The lowest BCUT2D eigenvalue weighted by atomic mass is 10.1. The smallest absolute Gasteiger partial charge is 0.257 e. The summed E-state index contributed by atoms with van der Waals surface area (Å²) in [5.41, 5.74) is 4.97. The third-order valence-electron chi connectivity index (χ3n) is 6.64.